The van der Waals surface area contributed by atoms with Gasteiger partial charge in [0.25, 0.3) is 0 Å². The molecule has 0 saturated carbocycles. The molecule has 1 saturated heterocycles. The van der Waals surface area contributed by atoms with E-state index in [4.69, 9.17) is 9.84 Å². The van der Waals surface area contributed by atoms with Crippen LogP contribution in [0.15, 0.2) is 6.33 Å². The average Bonchev–Trinajstić information content (AvgIpc) is 2.93. The first-order valence-corrected chi connectivity index (χ1v) is 7.10. The molecule has 0 bridgehead atoms. The SMILES string of the molecule is Cc1nc(I)nc2c1ncn2[C@@H]1O[C@H](CO)[C@@H](O)[C@H]1O. The van der Waals surface area contributed by atoms with Crippen LogP contribution < -0.4 is 0 Å². The third kappa shape index (κ3) is 2.09. The lowest BCUT2D eigenvalue weighted by Crippen LogP contribution is -2.33. The van der Waals surface area contributed by atoms with Crippen LogP contribution in [0.5, 0.6) is 0 Å². The molecular formula is C11H13IN4O4. The highest BCUT2D eigenvalue weighted by molar-refractivity contribution is 14.1. The first-order valence-electron chi connectivity index (χ1n) is 6.02. The Hall–Kier alpha value is -0.880. The van der Waals surface area contributed by atoms with Gasteiger partial charge in [-0.3, -0.25) is 4.57 Å². The highest BCUT2D eigenvalue weighted by Crippen LogP contribution is 2.31. The van der Waals surface area contributed by atoms with E-state index >= 15 is 0 Å². The fourth-order valence-electron chi connectivity index (χ4n) is 2.32. The lowest BCUT2D eigenvalue weighted by molar-refractivity contribution is -0.0511. The van der Waals surface area contributed by atoms with Crippen molar-refractivity contribution in [1.82, 2.24) is 19.5 Å². The van der Waals surface area contributed by atoms with Crippen LogP contribution in [0.1, 0.15) is 11.9 Å². The molecule has 3 rings (SSSR count). The van der Waals surface area contributed by atoms with Gasteiger partial charge in [-0.25, -0.2) is 15.0 Å². The zero-order valence-corrected chi connectivity index (χ0v) is 12.7. The van der Waals surface area contributed by atoms with E-state index in [0.717, 1.165) is 5.69 Å². The van der Waals surface area contributed by atoms with Crippen molar-refractivity contribution in [1.29, 1.82) is 0 Å². The Morgan fingerprint density at radius 2 is 2.10 bits per heavy atom. The van der Waals surface area contributed by atoms with Gasteiger partial charge in [0, 0.05) is 22.6 Å². The van der Waals surface area contributed by atoms with Crippen molar-refractivity contribution in [2.45, 2.75) is 31.5 Å². The lowest BCUT2D eigenvalue weighted by atomic mass is 10.1. The van der Waals surface area contributed by atoms with Crippen molar-refractivity contribution in [3.63, 3.8) is 0 Å². The molecule has 0 aliphatic carbocycles. The molecule has 108 valence electrons. The van der Waals surface area contributed by atoms with E-state index in [-0.39, 0.29) is 6.61 Å². The molecule has 8 nitrogen and oxygen atoms in total. The van der Waals surface area contributed by atoms with Crippen molar-refractivity contribution in [2.24, 2.45) is 0 Å². The van der Waals surface area contributed by atoms with Crippen LogP contribution in [0.4, 0.5) is 0 Å². The van der Waals surface area contributed by atoms with Crippen LogP contribution >= 0.6 is 22.6 Å². The van der Waals surface area contributed by atoms with Gasteiger partial charge in [0.1, 0.15) is 23.8 Å². The summed E-state index contributed by atoms with van der Waals surface area (Å²) < 4.78 is 7.59. The standard InChI is InChI=1S/C11H13IN4O4/c1-4-6-9(15-11(12)14-4)16(3-13-6)10-8(19)7(18)5(2-17)20-10/h3,5,7-8,10,17-19H,2H2,1H3/t5-,7-,8-,10-/m1/s1. The van der Waals surface area contributed by atoms with Crippen LogP contribution in [0, 0.1) is 10.8 Å². The number of aryl methyl sites for hydroxylation is 1. The molecule has 2 aromatic rings. The summed E-state index contributed by atoms with van der Waals surface area (Å²) in [4.78, 5) is 12.7. The minimum absolute atomic E-state index is 0.368. The Balaban J connectivity index is 2.07. The number of imidazole rings is 1. The molecule has 9 heteroatoms. The Morgan fingerprint density at radius 3 is 2.75 bits per heavy atom. The molecule has 20 heavy (non-hydrogen) atoms. The molecule has 4 atom stereocenters. The van der Waals surface area contributed by atoms with Gasteiger partial charge in [0.15, 0.2) is 15.7 Å². The predicted molar refractivity (Wildman–Crippen MR) is 75.8 cm³/mol. The van der Waals surface area contributed by atoms with Gasteiger partial charge in [-0.2, -0.15) is 0 Å². The van der Waals surface area contributed by atoms with Gasteiger partial charge in [0.05, 0.1) is 18.6 Å². The summed E-state index contributed by atoms with van der Waals surface area (Å²) >= 11 is 2.00. The maximum absolute atomic E-state index is 10.0. The first-order chi connectivity index (χ1) is 9.52. The lowest BCUT2D eigenvalue weighted by Gasteiger charge is -2.16. The fraction of sp³-hybridized carbons (Fsp3) is 0.545. The first kappa shape index (κ1) is 14.1. The normalized spacial score (nSPS) is 30.2. The molecule has 3 heterocycles. The summed E-state index contributed by atoms with van der Waals surface area (Å²) in [5.41, 5.74) is 1.87. The van der Waals surface area contributed by atoms with Gasteiger partial charge in [-0.15, -0.1) is 0 Å². The fourth-order valence-corrected chi connectivity index (χ4v) is 2.91. The number of aliphatic hydroxyl groups is 3. The van der Waals surface area contributed by atoms with Gasteiger partial charge < -0.3 is 20.1 Å². The Morgan fingerprint density at radius 1 is 1.35 bits per heavy atom. The molecule has 3 N–H and O–H groups in total. The van der Waals surface area contributed by atoms with Gasteiger partial charge in [0.2, 0.25) is 0 Å². The Bertz CT molecular complexity index is 649. The molecule has 1 aliphatic rings. The maximum atomic E-state index is 10.0. The maximum Gasteiger partial charge on any atom is 0.193 e. The van der Waals surface area contributed by atoms with Crippen molar-refractivity contribution in [3.05, 3.63) is 15.9 Å². The van der Waals surface area contributed by atoms with Crippen LogP contribution in [0.25, 0.3) is 11.2 Å². The molecular weight excluding hydrogens is 379 g/mol. The number of ether oxygens (including phenoxy) is 1. The van der Waals surface area contributed by atoms with E-state index in [2.05, 4.69) is 15.0 Å². The van der Waals surface area contributed by atoms with Crippen molar-refractivity contribution < 1.29 is 20.1 Å². The van der Waals surface area contributed by atoms with Crippen molar-refractivity contribution in [3.8, 4) is 0 Å². The van der Waals surface area contributed by atoms with E-state index in [9.17, 15) is 10.2 Å². The third-order valence-electron chi connectivity index (χ3n) is 3.36. The highest BCUT2D eigenvalue weighted by Gasteiger charge is 2.43. The topological polar surface area (TPSA) is 114 Å². The van der Waals surface area contributed by atoms with Crippen LogP contribution in [-0.2, 0) is 4.74 Å². The minimum Gasteiger partial charge on any atom is -0.394 e. The number of hydrogen-bond acceptors (Lipinski definition) is 7. The number of halogens is 1. The number of nitrogens with zero attached hydrogens (tertiary/aromatic N) is 4. The molecule has 0 aromatic carbocycles. The molecule has 0 spiro atoms. The number of aromatic nitrogens is 4. The zero-order chi connectivity index (χ0) is 14.4. The molecule has 0 unspecified atom stereocenters. The summed E-state index contributed by atoms with van der Waals surface area (Å²) in [5, 5.41) is 29.0. The highest BCUT2D eigenvalue weighted by atomic mass is 127. The third-order valence-corrected chi connectivity index (χ3v) is 3.84. The summed E-state index contributed by atoms with van der Waals surface area (Å²) in [7, 11) is 0. The van der Waals surface area contributed by atoms with E-state index in [1.54, 1.807) is 4.57 Å². The molecule has 1 fully saturated rings. The predicted octanol–water partition coefficient (Wildman–Crippen LogP) is -0.649. The summed E-state index contributed by atoms with van der Waals surface area (Å²) in [6.45, 7) is 1.45. The second-order valence-electron chi connectivity index (χ2n) is 4.63. The van der Waals surface area contributed by atoms with Crippen LogP contribution in [0.3, 0.4) is 0 Å². The number of rotatable bonds is 2. The van der Waals surface area contributed by atoms with Gasteiger partial charge >= 0.3 is 0 Å². The summed E-state index contributed by atoms with van der Waals surface area (Å²) in [6.07, 6.45) is -2.48. The van der Waals surface area contributed by atoms with Crippen molar-refractivity contribution >= 4 is 33.8 Å². The van der Waals surface area contributed by atoms with Gasteiger partial charge in [-0.1, -0.05) is 0 Å². The van der Waals surface area contributed by atoms with Crippen molar-refractivity contribution in [2.75, 3.05) is 6.61 Å². The van der Waals surface area contributed by atoms with E-state index in [1.807, 2.05) is 29.5 Å². The Kier molecular flexibility index (Phi) is 3.62. The summed E-state index contributed by atoms with van der Waals surface area (Å²) in [5.74, 6) is 0. The monoisotopic (exact) mass is 392 g/mol. The average molecular weight is 392 g/mol. The number of hydrogen-bond donors (Lipinski definition) is 3. The van der Waals surface area contributed by atoms with Gasteiger partial charge in [-0.05, 0) is 6.92 Å². The number of aliphatic hydroxyl groups excluding tert-OH is 3. The molecule has 2 aromatic heterocycles. The molecule has 0 amide bonds. The van der Waals surface area contributed by atoms with Crippen LogP contribution in [-0.4, -0.2) is 59.8 Å². The quantitative estimate of drug-likeness (QED) is 0.460. The second kappa shape index (κ2) is 5.15. The zero-order valence-electron chi connectivity index (χ0n) is 10.5. The second-order valence-corrected chi connectivity index (χ2v) is 5.60. The largest absolute Gasteiger partial charge is 0.394 e. The van der Waals surface area contributed by atoms with E-state index in [0.29, 0.717) is 15.0 Å². The smallest absolute Gasteiger partial charge is 0.193 e. The van der Waals surface area contributed by atoms with E-state index < -0.39 is 24.5 Å². The minimum atomic E-state index is -1.16. The molecule has 0 radical (unpaired) electrons. The van der Waals surface area contributed by atoms with Crippen LogP contribution in [0.2, 0.25) is 0 Å². The van der Waals surface area contributed by atoms with E-state index in [1.165, 1.54) is 6.33 Å². The molecule has 1 aliphatic heterocycles. The summed E-state index contributed by atoms with van der Waals surface area (Å²) in [6, 6.07) is 0. The number of fused-ring (bicyclic) bond motifs is 1. The Labute approximate surface area is 127 Å².